The molecule has 0 amide bonds. The van der Waals surface area contributed by atoms with Crippen LogP contribution in [-0.2, 0) is 0 Å². The Morgan fingerprint density at radius 3 is 2.76 bits per heavy atom. The Balaban J connectivity index is 2.44. The third-order valence-electron chi connectivity index (χ3n) is 2.55. The maximum atomic E-state index is 12.2. The number of nitrogens with two attached hydrogens (primary N) is 1. The maximum absolute atomic E-state index is 12.2. The van der Waals surface area contributed by atoms with Crippen LogP contribution in [0.15, 0.2) is 36.7 Å². The molecule has 0 spiro atoms. The summed E-state index contributed by atoms with van der Waals surface area (Å²) in [5, 5.41) is 0.386. The Morgan fingerprint density at radius 2 is 2.12 bits per heavy atom. The van der Waals surface area contributed by atoms with E-state index in [-0.39, 0.29) is 5.78 Å². The minimum atomic E-state index is -0.0995. The summed E-state index contributed by atoms with van der Waals surface area (Å²) in [6.45, 7) is 1.87. The Kier molecular flexibility index (Phi) is 3.11. The number of ketones is 1. The van der Waals surface area contributed by atoms with Crippen LogP contribution < -0.4 is 5.73 Å². The van der Waals surface area contributed by atoms with Gasteiger partial charge in [-0.15, -0.1) is 0 Å². The van der Waals surface area contributed by atoms with Gasteiger partial charge in [-0.3, -0.25) is 9.78 Å². The first-order valence-electron chi connectivity index (χ1n) is 5.10. The summed E-state index contributed by atoms with van der Waals surface area (Å²) < 4.78 is 0. The topological polar surface area (TPSA) is 56.0 Å². The molecule has 0 radical (unpaired) electrons. The van der Waals surface area contributed by atoms with Gasteiger partial charge in [0, 0.05) is 23.5 Å². The van der Waals surface area contributed by atoms with E-state index in [9.17, 15) is 4.79 Å². The van der Waals surface area contributed by atoms with Crippen molar-refractivity contribution in [2.24, 2.45) is 0 Å². The zero-order chi connectivity index (χ0) is 12.4. The van der Waals surface area contributed by atoms with Gasteiger partial charge < -0.3 is 5.73 Å². The number of hydrogen-bond donors (Lipinski definition) is 1. The van der Waals surface area contributed by atoms with Gasteiger partial charge in [-0.25, -0.2) is 0 Å². The molecule has 0 saturated carbocycles. The highest BCUT2D eigenvalue weighted by atomic mass is 35.5. The summed E-state index contributed by atoms with van der Waals surface area (Å²) >= 11 is 5.89. The van der Waals surface area contributed by atoms with Crippen molar-refractivity contribution >= 4 is 23.1 Å². The summed E-state index contributed by atoms with van der Waals surface area (Å²) in [5.74, 6) is -0.0995. The molecule has 17 heavy (non-hydrogen) atoms. The van der Waals surface area contributed by atoms with Crippen LogP contribution in [0.2, 0.25) is 5.02 Å². The first-order valence-corrected chi connectivity index (χ1v) is 5.47. The molecule has 0 atom stereocenters. The number of carbonyl (C=O) groups is 1. The summed E-state index contributed by atoms with van der Waals surface area (Å²) in [4.78, 5) is 16.1. The maximum Gasteiger partial charge on any atom is 0.194 e. The molecule has 0 saturated heterocycles. The molecule has 0 aliphatic carbocycles. The van der Waals surface area contributed by atoms with Crippen LogP contribution >= 0.6 is 11.6 Å². The molecule has 0 aliphatic rings. The number of nitrogen functional groups attached to an aromatic ring is 1. The number of halogens is 1. The highest BCUT2D eigenvalue weighted by Gasteiger charge is 2.12. The van der Waals surface area contributed by atoms with Crippen LogP contribution in [0.25, 0.3) is 0 Å². The number of pyridine rings is 1. The fraction of sp³-hybridized carbons (Fsp3) is 0.0769. The lowest BCUT2D eigenvalue weighted by Gasteiger charge is -2.05. The van der Waals surface area contributed by atoms with Crippen LogP contribution in [0.5, 0.6) is 0 Å². The number of anilines is 1. The van der Waals surface area contributed by atoms with Crippen LogP contribution in [0.3, 0.4) is 0 Å². The SMILES string of the molecule is Cc1ccncc1C(=O)c1ccc(N)c(Cl)c1. The monoisotopic (exact) mass is 246 g/mol. The van der Waals surface area contributed by atoms with E-state index in [1.807, 2.05) is 6.92 Å². The first kappa shape index (κ1) is 11.6. The summed E-state index contributed by atoms with van der Waals surface area (Å²) in [6.07, 6.45) is 3.21. The highest BCUT2D eigenvalue weighted by molar-refractivity contribution is 6.33. The molecule has 2 N–H and O–H groups in total. The Labute approximate surface area is 104 Å². The molecule has 1 aromatic heterocycles. The average Bonchev–Trinajstić information content (AvgIpc) is 2.32. The molecule has 1 heterocycles. The summed E-state index contributed by atoms with van der Waals surface area (Å²) in [5.41, 5.74) is 8.04. The molecule has 2 aromatic rings. The van der Waals surface area contributed by atoms with Crippen molar-refractivity contribution in [2.45, 2.75) is 6.92 Å². The minimum absolute atomic E-state index is 0.0995. The molecule has 0 bridgehead atoms. The minimum Gasteiger partial charge on any atom is -0.398 e. The normalized spacial score (nSPS) is 10.2. The number of hydrogen-bond acceptors (Lipinski definition) is 3. The van der Waals surface area contributed by atoms with Crippen LogP contribution in [0.4, 0.5) is 5.69 Å². The number of nitrogens with zero attached hydrogens (tertiary/aromatic N) is 1. The van der Waals surface area contributed by atoms with Gasteiger partial charge in [0.05, 0.1) is 10.7 Å². The third-order valence-corrected chi connectivity index (χ3v) is 2.87. The largest absolute Gasteiger partial charge is 0.398 e. The van der Waals surface area contributed by atoms with Gasteiger partial charge >= 0.3 is 0 Å². The molecule has 2 rings (SSSR count). The predicted octanol–water partition coefficient (Wildman–Crippen LogP) is 2.86. The van der Waals surface area contributed by atoms with Crippen molar-refractivity contribution < 1.29 is 4.79 Å². The quantitative estimate of drug-likeness (QED) is 0.655. The van der Waals surface area contributed by atoms with Crippen molar-refractivity contribution in [3.8, 4) is 0 Å². The lowest BCUT2D eigenvalue weighted by atomic mass is 10.0. The first-order chi connectivity index (χ1) is 8.09. The lowest BCUT2D eigenvalue weighted by molar-refractivity contribution is 0.103. The second-order valence-electron chi connectivity index (χ2n) is 3.76. The highest BCUT2D eigenvalue weighted by Crippen LogP contribution is 2.22. The Bertz CT molecular complexity index is 581. The molecule has 1 aromatic carbocycles. The van der Waals surface area contributed by atoms with E-state index in [0.29, 0.717) is 21.8 Å². The fourth-order valence-corrected chi connectivity index (χ4v) is 1.71. The Hall–Kier alpha value is -1.87. The summed E-state index contributed by atoms with van der Waals surface area (Å²) in [7, 11) is 0. The van der Waals surface area contributed by atoms with E-state index < -0.39 is 0 Å². The van der Waals surface area contributed by atoms with Gasteiger partial charge in [-0.1, -0.05) is 11.6 Å². The van der Waals surface area contributed by atoms with E-state index in [1.54, 1.807) is 36.7 Å². The van der Waals surface area contributed by atoms with E-state index >= 15 is 0 Å². The van der Waals surface area contributed by atoms with Gasteiger partial charge in [0.25, 0.3) is 0 Å². The Morgan fingerprint density at radius 1 is 1.35 bits per heavy atom. The van der Waals surface area contributed by atoms with E-state index in [4.69, 9.17) is 17.3 Å². The zero-order valence-corrected chi connectivity index (χ0v) is 10.0. The van der Waals surface area contributed by atoms with Crippen molar-refractivity contribution in [3.05, 3.63) is 58.4 Å². The lowest BCUT2D eigenvalue weighted by Crippen LogP contribution is -2.04. The molecular weight excluding hydrogens is 236 g/mol. The number of aryl methyl sites for hydroxylation is 1. The molecule has 3 nitrogen and oxygen atoms in total. The van der Waals surface area contributed by atoms with Crippen molar-refractivity contribution in [3.63, 3.8) is 0 Å². The van der Waals surface area contributed by atoms with Crippen molar-refractivity contribution in [1.82, 2.24) is 4.98 Å². The molecule has 86 valence electrons. The third kappa shape index (κ3) is 2.29. The number of rotatable bonds is 2. The van der Waals surface area contributed by atoms with Gasteiger partial charge in [-0.2, -0.15) is 0 Å². The molecule has 0 unspecified atom stereocenters. The van der Waals surface area contributed by atoms with Gasteiger partial charge in [-0.05, 0) is 36.8 Å². The summed E-state index contributed by atoms with van der Waals surface area (Å²) in [6, 6.07) is 6.66. The van der Waals surface area contributed by atoms with Crippen molar-refractivity contribution in [2.75, 3.05) is 5.73 Å². The molecule has 4 heteroatoms. The number of benzene rings is 1. The zero-order valence-electron chi connectivity index (χ0n) is 9.27. The van der Waals surface area contributed by atoms with Gasteiger partial charge in [0.1, 0.15) is 0 Å². The smallest absolute Gasteiger partial charge is 0.194 e. The fourth-order valence-electron chi connectivity index (χ4n) is 1.53. The second-order valence-corrected chi connectivity index (χ2v) is 4.16. The molecule has 0 aliphatic heterocycles. The number of carbonyl (C=O) groups excluding carboxylic acids is 1. The second kappa shape index (κ2) is 4.55. The van der Waals surface area contributed by atoms with E-state index in [2.05, 4.69) is 4.98 Å². The van der Waals surface area contributed by atoms with Crippen LogP contribution in [-0.4, -0.2) is 10.8 Å². The molecular formula is C13H11ClN2O. The number of aromatic nitrogens is 1. The van der Waals surface area contributed by atoms with Gasteiger partial charge in [0.15, 0.2) is 5.78 Å². The predicted molar refractivity (Wildman–Crippen MR) is 68.3 cm³/mol. The van der Waals surface area contributed by atoms with Crippen LogP contribution in [0, 0.1) is 6.92 Å². The average molecular weight is 247 g/mol. The van der Waals surface area contributed by atoms with Gasteiger partial charge in [0.2, 0.25) is 0 Å². The van der Waals surface area contributed by atoms with E-state index in [1.165, 1.54) is 0 Å². The van der Waals surface area contributed by atoms with E-state index in [0.717, 1.165) is 5.56 Å². The standard InChI is InChI=1S/C13H11ClN2O/c1-8-4-5-16-7-10(8)13(17)9-2-3-12(15)11(14)6-9/h2-7H,15H2,1H3. The van der Waals surface area contributed by atoms with Crippen molar-refractivity contribution in [1.29, 1.82) is 0 Å². The molecule has 0 fully saturated rings. The van der Waals surface area contributed by atoms with Crippen LogP contribution in [0.1, 0.15) is 21.5 Å².